The van der Waals surface area contributed by atoms with Gasteiger partial charge in [-0.05, 0) is 49.4 Å². The van der Waals surface area contributed by atoms with Crippen LogP contribution in [0.4, 0.5) is 24.8 Å². The molecule has 46 heavy (non-hydrogen) atoms. The predicted molar refractivity (Wildman–Crippen MR) is 168 cm³/mol. The Balaban J connectivity index is 1.35. The van der Waals surface area contributed by atoms with Crippen LogP contribution < -0.4 is 14.5 Å². The fourth-order valence-electron chi connectivity index (χ4n) is 7.94. The summed E-state index contributed by atoms with van der Waals surface area (Å²) in [7, 11) is 1.88. The number of phenols is 1. The number of likely N-dealkylation sites (N-methyl/N-ethyl adjacent to an activating group) is 1. The summed E-state index contributed by atoms with van der Waals surface area (Å²) in [4.78, 5) is 20.5. The SMILES string of the molecule is C#Cc1c(F)ccc2cc(O)cc(-c3nc4c5c(nc(OC[C@@]67CCCN6C[C@H](F)C7)nc5c3F)N3CCOCC[C@H]3CN4C)c12. The number of anilines is 2. The number of alkyl halides is 1. The lowest BCUT2D eigenvalue weighted by Gasteiger charge is -2.32. The maximum Gasteiger partial charge on any atom is 0.319 e. The maximum atomic E-state index is 17.1. The van der Waals surface area contributed by atoms with Gasteiger partial charge in [-0.15, -0.1) is 6.42 Å². The molecule has 8 rings (SSSR count). The zero-order valence-electron chi connectivity index (χ0n) is 25.4. The van der Waals surface area contributed by atoms with Crippen molar-refractivity contribution in [1.29, 1.82) is 0 Å². The van der Waals surface area contributed by atoms with Crippen molar-refractivity contribution in [2.24, 2.45) is 0 Å². The first-order chi connectivity index (χ1) is 22.3. The number of hydrogen-bond acceptors (Lipinski definition) is 9. The number of nitrogens with zero attached hydrogens (tertiary/aromatic N) is 6. The van der Waals surface area contributed by atoms with Gasteiger partial charge in [0, 0.05) is 50.7 Å². The zero-order chi connectivity index (χ0) is 31.7. The number of halogens is 3. The normalized spacial score (nSPS) is 24.5. The molecular formula is C34H33F3N6O3. The Bertz CT molecular complexity index is 1930. The number of hydrogen-bond donors (Lipinski definition) is 1. The minimum Gasteiger partial charge on any atom is -0.508 e. The number of fused-ring (bicyclic) bond motifs is 4. The summed E-state index contributed by atoms with van der Waals surface area (Å²) in [6.45, 7) is 3.46. The fraction of sp³-hybridized carbons (Fsp3) is 0.441. The molecule has 0 saturated carbocycles. The Morgan fingerprint density at radius 3 is 2.83 bits per heavy atom. The van der Waals surface area contributed by atoms with Crippen molar-refractivity contribution >= 4 is 33.3 Å². The second kappa shape index (κ2) is 10.9. The molecule has 12 heteroatoms. The Kier molecular flexibility index (Phi) is 6.88. The molecule has 0 aliphatic carbocycles. The van der Waals surface area contributed by atoms with Gasteiger partial charge in [0.25, 0.3) is 0 Å². The maximum absolute atomic E-state index is 17.1. The van der Waals surface area contributed by atoms with E-state index in [2.05, 4.69) is 20.7 Å². The van der Waals surface area contributed by atoms with Gasteiger partial charge in [-0.3, -0.25) is 4.90 Å². The average Bonchev–Trinajstić information content (AvgIpc) is 3.42. The molecule has 0 radical (unpaired) electrons. The smallest absolute Gasteiger partial charge is 0.319 e. The van der Waals surface area contributed by atoms with Crippen molar-refractivity contribution in [3.8, 4) is 35.4 Å². The summed E-state index contributed by atoms with van der Waals surface area (Å²) in [5.74, 6) is 1.74. The highest BCUT2D eigenvalue weighted by Crippen LogP contribution is 2.45. The summed E-state index contributed by atoms with van der Waals surface area (Å²) in [6, 6.07) is 5.46. The van der Waals surface area contributed by atoms with E-state index in [-0.39, 0.29) is 52.1 Å². The van der Waals surface area contributed by atoms with Crippen molar-refractivity contribution in [2.75, 3.05) is 62.8 Å². The highest BCUT2D eigenvalue weighted by molar-refractivity contribution is 6.06. The van der Waals surface area contributed by atoms with Crippen molar-refractivity contribution in [1.82, 2.24) is 19.9 Å². The van der Waals surface area contributed by atoms with E-state index in [9.17, 15) is 13.9 Å². The topological polar surface area (TPSA) is 87.1 Å². The van der Waals surface area contributed by atoms with Crippen molar-refractivity contribution in [3.63, 3.8) is 0 Å². The molecule has 238 valence electrons. The first-order valence-electron chi connectivity index (χ1n) is 15.7. The lowest BCUT2D eigenvalue weighted by Crippen LogP contribution is -2.44. The lowest BCUT2D eigenvalue weighted by molar-refractivity contribution is 0.107. The van der Waals surface area contributed by atoms with E-state index < -0.39 is 23.3 Å². The number of aromatic hydroxyl groups is 1. The molecule has 2 aromatic heterocycles. The summed E-state index contributed by atoms with van der Waals surface area (Å²) in [5, 5.41) is 11.8. The lowest BCUT2D eigenvalue weighted by atomic mass is 9.95. The number of phenolic OH excluding ortho intramolecular Hbond substituents is 1. The van der Waals surface area contributed by atoms with Gasteiger partial charge in [0.2, 0.25) is 0 Å². The molecule has 0 spiro atoms. The predicted octanol–water partition coefficient (Wildman–Crippen LogP) is 4.81. The summed E-state index contributed by atoms with van der Waals surface area (Å²) in [6.07, 6.45) is 7.64. The van der Waals surface area contributed by atoms with Gasteiger partial charge in [0.1, 0.15) is 47.2 Å². The van der Waals surface area contributed by atoms with Crippen molar-refractivity contribution in [2.45, 2.75) is 43.4 Å². The van der Waals surface area contributed by atoms with Gasteiger partial charge in [-0.25, -0.2) is 18.2 Å². The molecule has 4 aliphatic heterocycles. The molecule has 3 fully saturated rings. The molecule has 2 aromatic carbocycles. The largest absolute Gasteiger partial charge is 0.508 e. The van der Waals surface area contributed by atoms with E-state index in [1.807, 2.05) is 11.9 Å². The van der Waals surface area contributed by atoms with Gasteiger partial charge < -0.3 is 24.4 Å². The van der Waals surface area contributed by atoms with Crippen molar-refractivity contribution < 1.29 is 27.8 Å². The molecule has 0 amide bonds. The average molecular weight is 631 g/mol. The minimum atomic E-state index is -0.928. The second-order valence-electron chi connectivity index (χ2n) is 12.8. The summed E-state index contributed by atoms with van der Waals surface area (Å²) >= 11 is 0. The third kappa shape index (κ3) is 4.51. The van der Waals surface area contributed by atoms with E-state index in [0.29, 0.717) is 68.1 Å². The highest BCUT2D eigenvalue weighted by atomic mass is 19.1. The number of rotatable bonds is 4. The van der Waals surface area contributed by atoms with E-state index >= 15 is 4.39 Å². The molecule has 4 aromatic rings. The van der Waals surface area contributed by atoms with Gasteiger partial charge in [-0.2, -0.15) is 9.97 Å². The molecule has 9 nitrogen and oxygen atoms in total. The van der Waals surface area contributed by atoms with Gasteiger partial charge in [-0.1, -0.05) is 12.0 Å². The molecule has 0 unspecified atom stereocenters. The number of terminal acetylenes is 1. The Labute approximate surface area is 263 Å². The Hall–Kier alpha value is -4.34. The van der Waals surface area contributed by atoms with Crippen LogP contribution in [0.2, 0.25) is 0 Å². The van der Waals surface area contributed by atoms with Crippen molar-refractivity contribution in [3.05, 3.63) is 41.5 Å². The van der Waals surface area contributed by atoms with Crippen LogP contribution in [0.1, 0.15) is 31.2 Å². The second-order valence-corrected chi connectivity index (χ2v) is 12.8. The van der Waals surface area contributed by atoms with Crippen LogP contribution in [0, 0.1) is 24.0 Å². The number of ether oxygens (including phenoxy) is 2. The van der Waals surface area contributed by atoms with Gasteiger partial charge >= 0.3 is 6.01 Å². The number of aromatic nitrogens is 3. The molecule has 1 N–H and O–H groups in total. The monoisotopic (exact) mass is 630 g/mol. The standard InChI is InChI=1S/C34H33F3N6O3/c1-3-23-25(36)6-5-19-13-22(44)14-24(26(19)23)29-28(37)30-27-31(38-29)41(2)17-21-7-11-45-12-10-43(21)32(27)40-33(39-30)46-18-34-8-4-9-42(34)16-20(35)15-34/h1,5-6,13-14,20-21,44H,4,7-12,15-18H2,2H3/t20-,21+,34+/m1/s1. The zero-order valence-corrected chi connectivity index (χ0v) is 25.4. The third-order valence-corrected chi connectivity index (χ3v) is 10.0. The molecule has 4 aliphatic rings. The Morgan fingerprint density at radius 1 is 1.11 bits per heavy atom. The van der Waals surface area contributed by atoms with Crippen LogP contribution in [0.25, 0.3) is 32.9 Å². The van der Waals surface area contributed by atoms with Crippen LogP contribution in [-0.4, -0.2) is 95.8 Å². The molecular weight excluding hydrogens is 597 g/mol. The number of benzene rings is 2. The molecule has 0 bridgehead atoms. The summed E-state index contributed by atoms with van der Waals surface area (Å²) < 4.78 is 58.6. The van der Waals surface area contributed by atoms with Crippen LogP contribution in [0.3, 0.4) is 0 Å². The first-order valence-corrected chi connectivity index (χ1v) is 15.7. The molecule has 3 atom stereocenters. The minimum absolute atomic E-state index is 0.0161. The van der Waals surface area contributed by atoms with E-state index in [1.165, 1.54) is 24.3 Å². The Morgan fingerprint density at radius 2 is 1.98 bits per heavy atom. The van der Waals surface area contributed by atoms with Crippen LogP contribution in [0.15, 0.2) is 24.3 Å². The van der Waals surface area contributed by atoms with Crippen LogP contribution >= 0.6 is 0 Å². The fourth-order valence-corrected chi connectivity index (χ4v) is 7.94. The molecule has 6 heterocycles. The van der Waals surface area contributed by atoms with E-state index in [0.717, 1.165) is 19.4 Å². The summed E-state index contributed by atoms with van der Waals surface area (Å²) in [5.41, 5.74) is -0.527. The van der Waals surface area contributed by atoms with Crippen LogP contribution in [0.5, 0.6) is 11.8 Å². The number of pyridine rings is 1. The molecule has 3 saturated heterocycles. The van der Waals surface area contributed by atoms with Gasteiger partial charge in [0.05, 0.1) is 29.1 Å². The van der Waals surface area contributed by atoms with Crippen LogP contribution in [-0.2, 0) is 4.74 Å². The highest BCUT2D eigenvalue weighted by Gasteiger charge is 2.49. The third-order valence-electron chi connectivity index (χ3n) is 10.0. The van der Waals surface area contributed by atoms with E-state index in [4.69, 9.17) is 25.9 Å². The van der Waals surface area contributed by atoms with Gasteiger partial charge in [0.15, 0.2) is 5.82 Å². The quantitative estimate of drug-likeness (QED) is 0.320. The first kappa shape index (κ1) is 29.1. The van der Waals surface area contributed by atoms with E-state index in [1.54, 1.807) is 0 Å².